The average molecular weight is 417 g/mol. The predicted molar refractivity (Wildman–Crippen MR) is 121 cm³/mol. The van der Waals surface area contributed by atoms with E-state index in [-0.39, 0.29) is 18.6 Å². The van der Waals surface area contributed by atoms with Crippen LogP contribution < -0.4 is 14.8 Å². The first-order chi connectivity index (χ1) is 15.2. The molecule has 0 aromatic heterocycles. The molecule has 31 heavy (non-hydrogen) atoms. The molecule has 0 atom stereocenters. The number of likely N-dealkylation sites (tertiary alicyclic amines) is 1. The molecule has 0 spiro atoms. The number of carbonyl (C=O) groups excluding carboxylic acids is 1. The molecule has 0 aliphatic carbocycles. The zero-order valence-corrected chi connectivity index (χ0v) is 17.6. The molecule has 1 amide bonds. The molecule has 0 bridgehead atoms. The molecule has 160 valence electrons. The third kappa shape index (κ3) is 6.59. The maximum atomic E-state index is 12.2. The van der Waals surface area contributed by atoms with Crippen LogP contribution in [0.4, 0.5) is 0 Å². The molecule has 1 aliphatic rings. The van der Waals surface area contributed by atoms with Crippen LogP contribution in [0.25, 0.3) is 0 Å². The number of nitrogens with zero attached hydrogens (tertiary/aromatic N) is 1. The second-order valence-electron chi connectivity index (χ2n) is 7.78. The van der Waals surface area contributed by atoms with E-state index in [1.54, 1.807) is 0 Å². The highest BCUT2D eigenvalue weighted by atomic mass is 16.5. The van der Waals surface area contributed by atoms with Gasteiger partial charge in [0.25, 0.3) is 5.91 Å². The lowest BCUT2D eigenvalue weighted by Gasteiger charge is -2.32. The molecule has 0 unspecified atom stereocenters. The number of amides is 1. The number of rotatable bonds is 8. The maximum absolute atomic E-state index is 12.2. The fourth-order valence-corrected chi connectivity index (χ4v) is 3.76. The number of hydrogen-bond donors (Lipinski definition) is 1. The zero-order valence-electron chi connectivity index (χ0n) is 17.6. The summed E-state index contributed by atoms with van der Waals surface area (Å²) in [6.45, 7) is 2.84. The van der Waals surface area contributed by atoms with E-state index in [9.17, 15) is 4.79 Å². The zero-order chi connectivity index (χ0) is 21.3. The van der Waals surface area contributed by atoms with E-state index in [1.807, 2.05) is 72.8 Å². The summed E-state index contributed by atoms with van der Waals surface area (Å²) in [7, 11) is 0. The van der Waals surface area contributed by atoms with Crippen LogP contribution in [0.1, 0.15) is 18.4 Å². The van der Waals surface area contributed by atoms with Gasteiger partial charge in [0.1, 0.15) is 17.2 Å². The largest absolute Gasteiger partial charge is 0.484 e. The molecular formula is C26H28N2O3. The second-order valence-corrected chi connectivity index (χ2v) is 7.78. The summed E-state index contributed by atoms with van der Waals surface area (Å²) in [5.41, 5.74) is 1.23. The Hall–Kier alpha value is -3.31. The minimum atomic E-state index is -0.0620. The number of carbonyl (C=O) groups is 1. The van der Waals surface area contributed by atoms with E-state index in [1.165, 1.54) is 5.56 Å². The van der Waals surface area contributed by atoms with Gasteiger partial charge in [0.2, 0.25) is 0 Å². The number of piperidine rings is 1. The van der Waals surface area contributed by atoms with Gasteiger partial charge >= 0.3 is 0 Å². The Kier molecular flexibility index (Phi) is 7.19. The lowest BCUT2D eigenvalue weighted by atomic mass is 10.0. The number of hydrogen-bond acceptors (Lipinski definition) is 4. The van der Waals surface area contributed by atoms with Crippen LogP contribution in [0, 0.1) is 0 Å². The molecule has 1 saturated heterocycles. The summed E-state index contributed by atoms with van der Waals surface area (Å²) in [6, 6.07) is 27.7. The molecule has 3 aromatic rings. The van der Waals surface area contributed by atoms with Crippen molar-refractivity contribution in [1.82, 2.24) is 10.2 Å². The van der Waals surface area contributed by atoms with Crippen molar-refractivity contribution in [1.29, 1.82) is 0 Å². The van der Waals surface area contributed by atoms with E-state index in [0.29, 0.717) is 5.75 Å². The Labute approximate surface area is 183 Å². The van der Waals surface area contributed by atoms with Crippen LogP contribution in [0.2, 0.25) is 0 Å². The highest BCUT2D eigenvalue weighted by Crippen LogP contribution is 2.23. The van der Waals surface area contributed by atoms with E-state index in [4.69, 9.17) is 9.47 Å². The molecule has 1 heterocycles. The van der Waals surface area contributed by atoms with Gasteiger partial charge in [0.05, 0.1) is 0 Å². The molecular weight excluding hydrogens is 388 g/mol. The SMILES string of the molecule is O=C(COc1ccccc1)NC1CCN(Cc2cccc(Oc3ccccc3)c2)CC1. The highest BCUT2D eigenvalue weighted by molar-refractivity contribution is 5.77. The number of para-hydroxylation sites is 2. The molecule has 5 nitrogen and oxygen atoms in total. The third-order valence-electron chi connectivity index (χ3n) is 5.35. The Morgan fingerprint density at radius 1 is 0.839 bits per heavy atom. The lowest BCUT2D eigenvalue weighted by Crippen LogP contribution is -2.45. The Bertz CT molecular complexity index is 955. The van der Waals surface area contributed by atoms with Crippen molar-refractivity contribution in [3.63, 3.8) is 0 Å². The highest BCUT2D eigenvalue weighted by Gasteiger charge is 2.21. The first-order valence-corrected chi connectivity index (χ1v) is 10.8. The van der Waals surface area contributed by atoms with Gasteiger partial charge in [-0.2, -0.15) is 0 Å². The maximum Gasteiger partial charge on any atom is 0.258 e. The average Bonchev–Trinajstić information content (AvgIpc) is 2.81. The summed E-state index contributed by atoms with van der Waals surface area (Å²) in [6.07, 6.45) is 1.88. The molecule has 5 heteroatoms. The quantitative estimate of drug-likeness (QED) is 0.581. The smallest absolute Gasteiger partial charge is 0.258 e. The summed E-state index contributed by atoms with van der Waals surface area (Å²) in [5.74, 6) is 2.34. The minimum Gasteiger partial charge on any atom is -0.484 e. The standard InChI is InChI=1S/C26H28N2O3/c29-26(20-30-23-9-3-1-4-10-23)27-22-14-16-28(17-15-22)19-21-8-7-13-25(18-21)31-24-11-5-2-6-12-24/h1-13,18,22H,14-17,19-20H2,(H,27,29). The van der Waals surface area contributed by atoms with Gasteiger partial charge in [-0.1, -0.05) is 48.5 Å². The number of benzene rings is 3. The van der Waals surface area contributed by atoms with E-state index >= 15 is 0 Å². The predicted octanol–water partition coefficient (Wildman–Crippen LogP) is 4.64. The number of ether oxygens (including phenoxy) is 2. The lowest BCUT2D eigenvalue weighted by molar-refractivity contribution is -0.124. The van der Waals surface area contributed by atoms with Crippen molar-refractivity contribution in [2.75, 3.05) is 19.7 Å². The van der Waals surface area contributed by atoms with Gasteiger partial charge in [0.15, 0.2) is 6.61 Å². The van der Waals surface area contributed by atoms with E-state index in [0.717, 1.165) is 44.0 Å². The van der Waals surface area contributed by atoms with Crippen LogP contribution >= 0.6 is 0 Å². The van der Waals surface area contributed by atoms with Gasteiger partial charge in [0, 0.05) is 25.7 Å². The van der Waals surface area contributed by atoms with Crippen molar-refractivity contribution in [2.24, 2.45) is 0 Å². The summed E-state index contributed by atoms with van der Waals surface area (Å²) in [5, 5.41) is 3.10. The fraction of sp³-hybridized carbons (Fsp3) is 0.269. The van der Waals surface area contributed by atoms with Gasteiger partial charge in [-0.15, -0.1) is 0 Å². The van der Waals surface area contributed by atoms with Crippen LogP contribution in [-0.2, 0) is 11.3 Å². The summed E-state index contributed by atoms with van der Waals surface area (Å²) >= 11 is 0. The van der Waals surface area contributed by atoms with Gasteiger partial charge < -0.3 is 14.8 Å². The second kappa shape index (κ2) is 10.6. The van der Waals surface area contributed by atoms with E-state index in [2.05, 4.69) is 22.3 Å². The molecule has 1 fully saturated rings. The van der Waals surface area contributed by atoms with Gasteiger partial charge in [-0.3, -0.25) is 9.69 Å². The van der Waals surface area contributed by atoms with Crippen LogP contribution in [0.3, 0.4) is 0 Å². The van der Waals surface area contributed by atoms with Crippen molar-refractivity contribution >= 4 is 5.91 Å². The summed E-state index contributed by atoms with van der Waals surface area (Å²) in [4.78, 5) is 14.6. The first-order valence-electron chi connectivity index (χ1n) is 10.8. The van der Waals surface area contributed by atoms with Crippen molar-refractivity contribution in [2.45, 2.75) is 25.4 Å². The molecule has 1 N–H and O–H groups in total. The molecule has 1 aliphatic heterocycles. The Morgan fingerprint density at radius 2 is 1.48 bits per heavy atom. The normalized spacial score (nSPS) is 14.7. The molecule has 0 saturated carbocycles. The van der Waals surface area contributed by atoms with Crippen molar-refractivity contribution in [3.05, 3.63) is 90.5 Å². The summed E-state index contributed by atoms with van der Waals surface area (Å²) < 4.78 is 11.5. The minimum absolute atomic E-state index is 0.0540. The molecule has 0 radical (unpaired) electrons. The first kappa shape index (κ1) is 20.9. The van der Waals surface area contributed by atoms with Crippen LogP contribution in [0.15, 0.2) is 84.9 Å². The monoisotopic (exact) mass is 416 g/mol. The topological polar surface area (TPSA) is 50.8 Å². The fourth-order valence-electron chi connectivity index (χ4n) is 3.76. The number of nitrogens with one attached hydrogen (secondary N) is 1. The molecule has 3 aromatic carbocycles. The van der Waals surface area contributed by atoms with E-state index < -0.39 is 0 Å². The Morgan fingerprint density at radius 3 is 2.19 bits per heavy atom. The van der Waals surface area contributed by atoms with Crippen LogP contribution in [0.5, 0.6) is 17.2 Å². The molecule has 4 rings (SSSR count). The van der Waals surface area contributed by atoms with Crippen molar-refractivity contribution in [3.8, 4) is 17.2 Å². The van der Waals surface area contributed by atoms with Crippen LogP contribution in [-0.4, -0.2) is 36.5 Å². The van der Waals surface area contributed by atoms with Gasteiger partial charge in [-0.25, -0.2) is 0 Å². The van der Waals surface area contributed by atoms with Crippen molar-refractivity contribution < 1.29 is 14.3 Å². The van der Waals surface area contributed by atoms with Gasteiger partial charge in [-0.05, 0) is 54.8 Å². The third-order valence-corrected chi connectivity index (χ3v) is 5.35. The Balaban J connectivity index is 1.20.